The molecule has 2 aromatic carbocycles. The molecule has 0 atom stereocenters. The van der Waals surface area contributed by atoms with Crippen molar-refractivity contribution >= 4 is 28.9 Å². The van der Waals surface area contributed by atoms with Gasteiger partial charge in [0.15, 0.2) is 0 Å². The van der Waals surface area contributed by atoms with Crippen molar-refractivity contribution in [3.63, 3.8) is 0 Å². The third-order valence-electron chi connectivity index (χ3n) is 5.60. The summed E-state index contributed by atoms with van der Waals surface area (Å²) in [7, 11) is 0. The van der Waals surface area contributed by atoms with Gasteiger partial charge in [-0.05, 0) is 56.2 Å². The summed E-state index contributed by atoms with van der Waals surface area (Å²) < 4.78 is 45.2. The average Bonchev–Trinajstić information content (AvgIpc) is 2.71. The highest BCUT2D eigenvalue weighted by Gasteiger charge is 2.35. The first-order chi connectivity index (χ1) is 15.5. The Morgan fingerprint density at radius 3 is 2.70 bits per heavy atom. The van der Waals surface area contributed by atoms with Crippen LogP contribution in [0.1, 0.15) is 43.9 Å². The van der Waals surface area contributed by atoms with E-state index < -0.39 is 23.2 Å². The maximum atomic E-state index is 13.1. The Hall–Kier alpha value is -3.49. The van der Waals surface area contributed by atoms with Gasteiger partial charge in [-0.2, -0.15) is 13.2 Å². The molecule has 0 aromatic heterocycles. The number of urea groups is 1. The van der Waals surface area contributed by atoms with Crippen molar-refractivity contribution in [1.82, 2.24) is 5.32 Å². The molecular weight excluding hydrogens is 435 g/mol. The molecule has 33 heavy (non-hydrogen) atoms. The first-order valence-corrected chi connectivity index (χ1v) is 10.6. The molecule has 2 aromatic rings. The zero-order valence-corrected chi connectivity index (χ0v) is 18.5. The van der Waals surface area contributed by atoms with Crippen LogP contribution in [0.15, 0.2) is 42.5 Å². The Morgan fingerprint density at radius 1 is 1.24 bits per heavy atom. The number of hydrogen-bond acceptors (Lipinski definition) is 3. The number of rotatable bonds is 3. The van der Waals surface area contributed by atoms with Crippen LogP contribution in [0.4, 0.5) is 29.3 Å². The minimum Gasteiger partial charge on any atom is -0.487 e. The summed E-state index contributed by atoms with van der Waals surface area (Å²) in [4.78, 5) is 26.5. The molecule has 174 valence electrons. The van der Waals surface area contributed by atoms with E-state index in [9.17, 15) is 22.8 Å². The maximum Gasteiger partial charge on any atom is 0.416 e. The van der Waals surface area contributed by atoms with E-state index >= 15 is 0 Å². The van der Waals surface area contributed by atoms with E-state index in [0.717, 1.165) is 23.4 Å². The van der Waals surface area contributed by atoms with Crippen LogP contribution in [0.5, 0.6) is 5.75 Å². The van der Waals surface area contributed by atoms with Gasteiger partial charge in [-0.3, -0.25) is 9.69 Å². The lowest BCUT2D eigenvalue weighted by molar-refractivity contribution is -0.137. The molecule has 0 bridgehead atoms. The second-order valence-corrected chi connectivity index (χ2v) is 8.65. The predicted molar refractivity (Wildman–Crippen MR) is 119 cm³/mol. The zero-order chi connectivity index (χ0) is 24.0. The molecule has 0 unspecified atom stereocenters. The number of halogens is 3. The highest BCUT2D eigenvalue weighted by atomic mass is 19.4. The Morgan fingerprint density at radius 2 is 2.00 bits per heavy atom. The number of nitrogens with zero attached hydrogens (tertiary/aromatic N) is 1. The minimum atomic E-state index is -4.49. The normalized spacial score (nSPS) is 18.2. The Balaban J connectivity index is 1.62. The van der Waals surface area contributed by atoms with E-state index in [4.69, 9.17) is 4.74 Å². The van der Waals surface area contributed by atoms with Crippen molar-refractivity contribution < 1.29 is 27.5 Å². The number of fused-ring (bicyclic) bond motifs is 2. The lowest BCUT2D eigenvalue weighted by atomic mass is 9.88. The molecule has 9 heteroatoms. The predicted octanol–water partition coefficient (Wildman–Crippen LogP) is 5.34. The first kappa shape index (κ1) is 22.7. The topological polar surface area (TPSA) is 70.7 Å². The highest BCUT2D eigenvalue weighted by Crippen LogP contribution is 2.43. The monoisotopic (exact) mass is 459 g/mol. The summed E-state index contributed by atoms with van der Waals surface area (Å²) in [5, 5.41) is 5.59. The van der Waals surface area contributed by atoms with Crippen molar-refractivity contribution in [1.29, 1.82) is 0 Å². The van der Waals surface area contributed by atoms with Crippen molar-refractivity contribution in [2.24, 2.45) is 0 Å². The van der Waals surface area contributed by atoms with Gasteiger partial charge in [-0.15, -0.1) is 0 Å². The SMILES string of the molecule is CCN1C(=O)NCc2ccc(NC(=O)C=C3CC(C)(C)Oc4cc(C(F)(F)F)ccc43)cc21. The minimum absolute atomic E-state index is 0.0958. The standard InChI is InChI=1S/C24H24F3N3O3/c1-4-30-19-11-17(7-5-14(19)13-28-22(30)32)29-21(31)9-15-12-23(2,3)33-20-10-16(24(25,26)27)6-8-18(15)20/h5-11H,4,12-13H2,1-3H3,(H,28,32)(H,29,31). The fourth-order valence-electron chi connectivity index (χ4n) is 4.13. The van der Waals surface area contributed by atoms with E-state index in [1.807, 2.05) is 13.0 Å². The highest BCUT2D eigenvalue weighted by molar-refractivity contribution is 6.05. The number of ether oxygens (including phenoxy) is 1. The summed E-state index contributed by atoms with van der Waals surface area (Å²) in [6.45, 7) is 6.27. The molecule has 0 saturated heterocycles. The molecule has 2 aliphatic rings. The number of anilines is 2. The van der Waals surface area contributed by atoms with Crippen LogP contribution in [-0.4, -0.2) is 24.1 Å². The number of alkyl halides is 3. The van der Waals surface area contributed by atoms with Gasteiger partial charge in [0.2, 0.25) is 5.91 Å². The molecule has 6 nitrogen and oxygen atoms in total. The van der Waals surface area contributed by atoms with E-state index in [-0.39, 0.29) is 11.8 Å². The zero-order valence-electron chi connectivity index (χ0n) is 18.5. The molecule has 0 radical (unpaired) electrons. The van der Waals surface area contributed by atoms with Crippen LogP contribution in [0.2, 0.25) is 0 Å². The van der Waals surface area contributed by atoms with Crippen LogP contribution in [-0.2, 0) is 17.5 Å². The molecule has 2 N–H and O–H groups in total. The van der Waals surface area contributed by atoms with Gasteiger partial charge in [-0.1, -0.05) is 12.1 Å². The Labute approximate surface area is 189 Å². The summed E-state index contributed by atoms with van der Waals surface area (Å²) in [6, 6.07) is 8.42. The smallest absolute Gasteiger partial charge is 0.416 e. The van der Waals surface area contributed by atoms with E-state index in [2.05, 4.69) is 10.6 Å². The molecule has 0 saturated carbocycles. The number of carbonyl (C=O) groups excluding carboxylic acids is 2. The molecule has 2 heterocycles. The second kappa shape index (κ2) is 8.13. The van der Waals surface area contributed by atoms with Gasteiger partial charge < -0.3 is 15.4 Å². The average molecular weight is 459 g/mol. The van der Waals surface area contributed by atoms with E-state index in [1.165, 1.54) is 12.1 Å². The number of hydrogen-bond donors (Lipinski definition) is 2. The van der Waals surface area contributed by atoms with Gasteiger partial charge in [0.05, 0.1) is 11.3 Å². The molecule has 3 amide bonds. The molecule has 4 rings (SSSR count). The summed E-state index contributed by atoms with van der Waals surface area (Å²) >= 11 is 0. The molecule has 0 fully saturated rings. The number of benzene rings is 2. The van der Waals surface area contributed by atoms with Crippen LogP contribution >= 0.6 is 0 Å². The van der Waals surface area contributed by atoms with Gasteiger partial charge in [0, 0.05) is 36.8 Å². The third-order valence-corrected chi connectivity index (χ3v) is 5.60. The largest absolute Gasteiger partial charge is 0.487 e. The van der Waals surface area contributed by atoms with Gasteiger partial charge in [-0.25, -0.2) is 4.79 Å². The van der Waals surface area contributed by atoms with Crippen LogP contribution in [0, 0.1) is 0 Å². The number of nitrogens with one attached hydrogen (secondary N) is 2. The van der Waals surface area contributed by atoms with Crippen molar-refractivity contribution in [2.75, 3.05) is 16.8 Å². The quantitative estimate of drug-likeness (QED) is 0.609. The van der Waals surface area contributed by atoms with Gasteiger partial charge >= 0.3 is 12.2 Å². The molecule has 0 spiro atoms. The molecule has 2 aliphatic heterocycles. The fraction of sp³-hybridized carbons (Fsp3) is 0.333. The third kappa shape index (κ3) is 4.67. The maximum absolute atomic E-state index is 13.1. The van der Waals surface area contributed by atoms with Crippen LogP contribution in [0.3, 0.4) is 0 Å². The lowest BCUT2D eigenvalue weighted by Crippen LogP contribution is -2.44. The Kier molecular flexibility index (Phi) is 5.59. The Bertz CT molecular complexity index is 1160. The first-order valence-electron chi connectivity index (χ1n) is 10.6. The van der Waals surface area contributed by atoms with E-state index in [0.29, 0.717) is 36.3 Å². The van der Waals surface area contributed by atoms with E-state index in [1.54, 1.807) is 30.9 Å². The summed E-state index contributed by atoms with van der Waals surface area (Å²) in [6.07, 6.45) is -2.75. The van der Waals surface area contributed by atoms with Gasteiger partial charge in [0.1, 0.15) is 11.4 Å². The summed E-state index contributed by atoms with van der Waals surface area (Å²) in [5.41, 5.74) is 1.64. The fourth-order valence-corrected chi connectivity index (χ4v) is 4.13. The summed E-state index contributed by atoms with van der Waals surface area (Å²) in [5.74, 6) is -0.324. The molecule has 0 aliphatic carbocycles. The van der Waals surface area contributed by atoms with Crippen molar-refractivity contribution in [3.8, 4) is 5.75 Å². The number of amides is 3. The van der Waals surface area contributed by atoms with Gasteiger partial charge in [0.25, 0.3) is 0 Å². The lowest BCUT2D eigenvalue weighted by Gasteiger charge is -2.34. The van der Waals surface area contributed by atoms with Crippen molar-refractivity contribution in [2.45, 2.75) is 45.5 Å². The number of carbonyl (C=O) groups is 2. The van der Waals surface area contributed by atoms with Crippen molar-refractivity contribution in [3.05, 3.63) is 59.2 Å². The van der Waals surface area contributed by atoms with Crippen LogP contribution < -0.4 is 20.3 Å². The van der Waals surface area contributed by atoms with Crippen LogP contribution in [0.25, 0.3) is 5.57 Å². The second-order valence-electron chi connectivity index (χ2n) is 8.65. The molecular formula is C24H24F3N3O3.